The van der Waals surface area contributed by atoms with Crippen LogP contribution in [0.2, 0.25) is 5.02 Å². The van der Waals surface area contributed by atoms with E-state index in [1.807, 2.05) is 31.2 Å². The molecule has 3 aromatic rings. The molecule has 0 unspecified atom stereocenters. The van der Waals surface area contributed by atoms with Crippen molar-refractivity contribution in [2.45, 2.75) is 26.8 Å². The summed E-state index contributed by atoms with van der Waals surface area (Å²) in [5.74, 6) is 0.0829. The highest BCUT2D eigenvalue weighted by atomic mass is 35.5. The van der Waals surface area contributed by atoms with Crippen molar-refractivity contribution in [3.63, 3.8) is 0 Å². The maximum Gasteiger partial charge on any atom is 0.238 e. The molecule has 0 spiro atoms. The number of piperazine rings is 1. The zero-order chi connectivity index (χ0) is 24.8. The molecule has 184 valence electrons. The van der Waals surface area contributed by atoms with Crippen molar-refractivity contribution < 1.29 is 9.59 Å². The topological polar surface area (TPSA) is 57.6 Å². The minimum absolute atomic E-state index is 0.0782. The molecule has 4 rings (SSSR count). The van der Waals surface area contributed by atoms with E-state index in [-0.39, 0.29) is 11.7 Å². The van der Waals surface area contributed by atoms with E-state index < -0.39 is 0 Å². The van der Waals surface area contributed by atoms with Crippen LogP contribution in [0.4, 0.5) is 5.69 Å². The number of carbonyl (C=O) groups is 2. The van der Waals surface area contributed by atoms with Crippen LogP contribution >= 0.6 is 11.6 Å². The number of anilines is 1. The predicted molar refractivity (Wildman–Crippen MR) is 141 cm³/mol. The monoisotopic (exact) mass is 492 g/mol. The summed E-state index contributed by atoms with van der Waals surface area (Å²) in [6.45, 7) is 8.72. The van der Waals surface area contributed by atoms with E-state index >= 15 is 0 Å². The fourth-order valence-corrected chi connectivity index (χ4v) is 4.85. The fourth-order valence-electron chi connectivity index (χ4n) is 4.66. The van der Waals surface area contributed by atoms with Gasteiger partial charge in [0.1, 0.15) is 0 Å². The number of aromatic nitrogens is 1. The van der Waals surface area contributed by atoms with Crippen molar-refractivity contribution >= 4 is 29.0 Å². The van der Waals surface area contributed by atoms with Gasteiger partial charge in [-0.1, -0.05) is 54.1 Å². The van der Waals surface area contributed by atoms with Gasteiger partial charge in [-0.3, -0.25) is 19.4 Å². The molecule has 1 fully saturated rings. The van der Waals surface area contributed by atoms with E-state index in [0.717, 1.165) is 56.1 Å². The third kappa shape index (κ3) is 6.60. The van der Waals surface area contributed by atoms with E-state index in [1.54, 1.807) is 12.1 Å². The first kappa shape index (κ1) is 25.2. The minimum Gasteiger partial charge on any atom is -0.348 e. The molecule has 1 aromatic heterocycles. The van der Waals surface area contributed by atoms with E-state index in [9.17, 15) is 9.59 Å². The van der Waals surface area contributed by atoms with E-state index in [0.29, 0.717) is 23.8 Å². The highest BCUT2D eigenvalue weighted by Gasteiger charge is 2.23. The fraction of sp³-hybridized carbons (Fsp3) is 0.357. The van der Waals surface area contributed by atoms with Crippen molar-refractivity contribution in [2.24, 2.45) is 0 Å². The first-order chi connectivity index (χ1) is 16.9. The predicted octanol–water partition coefficient (Wildman–Crippen LogP) is 4.44. The van der Waals surface area contributed by atoms with E-state index in [1.165, 1.54) is 5.56 Å². The number of Topliss-reactive ketones (excluding diaryl/α,β-unsaturated/α-hetero) is 1. The number of nitrogens with one attached hydrogen (secondary N) is 1. The molecule has 1 saturated heterocycles. The molecule has 6 nitrogen and oxygen atoms in total. The van der Waals surface area contributed by atoms with Gasteiger partial charge >= 0.3 is 0 Å². The summed E-state index contributed by atoms with van der Waals surface area (Å²) >= 11 is 6.13. The number of para-hydroxylation sites is 1. The van der Waals surface area contributed by atoms with E-state index in [2.05, 4.69) is 50.9 Å². The van der Waals surface area contributed by atoms with Crippen LogP contribution in [0.3, 0.4) is 0 Å². The first-order valence-electron chi connectivity index (χ1n) is 12.1. The van der Waals surface area contributed by atoms with Crippen LogP contribution in [0.1, 0.15) is 27.3 Å². The standard InChI is InChI=1S/C28H33ClN4O2/c1-21-18-24(22(2)33(21)13-12-23-8-4-3-5-9-23)27(34)19-31-14-16-32(17-15-31)20-28(35)30-26-11-7-6-10-25(26)29/h3-11,18H,12-17,19-20H2,1-2H3,(H,30,35). The quantitative estimate of drug-likeness (QED) is 0.449. The lowest BCUT2D eigenvalue weighted by molar-refractivity contribution is -0.117. The van der Waals surface area contributed by atoms with Gasteiger partial charge in [0, 0.05) is 49.7 Å². The second kappa shape index (κ2) is 11.7. The molecule has 1 aliphatic rings. The third-order valence-corrected chi connectivity index (χ3v) is 7.02. The van der Waals surface area contributed by atoms with Crippen LogP contribution in [0, 0.1) is 13.8 Å². The van der Waals surface area contributed by atoms with Gasteiger partial charge < -0.3 is 9.88 Å². The van der Waals surface area contributed by atoms with Crippen LogP contribution in [0.5, 0.6) is 0 Å². The van der Waals surface area contributed by atoms with Gasteiger partial charge in [0.05, 0.1) is 23.8 Å². The molecule has 0 radical (unpaired) electrons. The number of carbonyl (C=O) groups excluding carboxylic acids is 2. The molecule has 7 heteroatoms. The van der Waals surface area contributed by atoms with Gasteiger partial charge in [-0.2, -0.15) is 0 Å². The molecule has 0 bridgehead atoms. The highest BCUT2D eigenvalue weighted by Crippen LogP contribution is 2.21. The Morgan fingerprint density at radius 3 is 2.20 bits per heavy atom. The van der Waals surface area contributed by atoms with Gasteiger partial charge in [0.2, 0.25) is 5.91 Å². The molecule has 1 aliphatic heterocycles. The van der Waals surface area contributed by atoms with Crippen LogP contribution in [0.25, 0.3) is 0 Å². The summed E-state index contributed by atoms with van der Waals surface area (Å²) in [4.78, 5) is 29.8. The number of benzene rings is 2. The van der Waals surface area contributed by atoms with Crippen molar-refractivity contribution in [3.8, 4) is 0 Å². The van der Waals surface area contributed by atoms with Crippen LogP contribution in [-0.4, -0.2) is 65.3 Å². The summed E-state index contributed by atoms with van der Waals surface area (Å²) in [5, 5.41) is 3.41. The summed E-state index contributed by atoms with van der Waals surface area (Å²) < 4.78 is 2.25. The Morgan fingerprint density at radius 2 is 1.51 bits per heavy atom. The number of halogens is 1. The Kier molecular flexibility index (Phi) is 8.39. The molecule has 0 atom stereocenters. The zero-order valence-electron chi connectivity index (χ0n) is 20.5. The molecule has 1 amide bonds. The number of hydrogen-bond donors (Lipinski definition) is 1. The molecule has 2 heterocycles. The first-order valence-corrected chi connectivity index (χ1v) is 12.5. The van der Waals surface area contributed by atoms with Crippen LogP contribution in [-0.2, 0) is 17.8 Å². The Hall–Kier alpha value is -2.93. The van der Waals surface area contributed by atoms with Crippen LogP contribution in [0.15, 0.2) is 60.7 Å². The lowest BCUT2D eigenvalue weighted by Crippen LogP contribution is -2.49. The lowest BCUT2D eigenvalue weighted by atomic mass is 10.1. The molecule has 1 N–H and O–H groups in total. The maximum absolute atomic E-state index is 13.1. The Bertz CT molecular complexity index is 1170. The number of amides is 1. The highest BCUT2D eigenvalue weighted by molar-refractivity contribution is 6.33. The minimum atomic E-state index is -0.0782. The summed E-state index contributed by atoms with van der Waals surface area (Å²) in [5.41, 5.74) is 4.91. The average Bonchev–Trinajstić information content (AvgIpc) is 3.14. The lowest BCUT2D eigenvalue weighted by Gasteiger charge is -2.33. The summed E-state index contributed by atoms with van der Waals surface area (Å²) in [6.07, 6.45) is 0.941. The molecular weight excluding hydrogens is 460 g/mol. The van der Waals surface area contributed by atoms with Crippen molar-refractivity contribution in [1.29, 1.82) is 0 Å². The van der Waals surface area contributed by atoms with Gasteiger partial charge in [0.15, 0.2) is 5.78 Å². The summed E-state index contributed by atoms with van der Waals surface area (Å²) in [7, 11) is 0. The number of hydrogen-bond acceptors (Lipinski definition) is 4. The molecule has 35 heavy (non-hydrogen) atoms. The molecule has 2 aromatic carbocycles. The van der Waals surface area contributed by atoms with Crippen LogP contribution < -0.4 is 5.32 Å². The SMILES string of the molecule is Cc1cc(C(=O)CN2CCN(CC(=O)Nc3ccccc3Cl)CC2)c(C)n1CCc1ccccc1. The Labute approximate surface area is 212 Å². The number of nitrogens with zero attached hydrogens (tertiary/aromatic N) is 3. The number of aryl methyl sites for hydroxylation is 2. The average molecular weight is 493 g/mol. The third-order valence-electron chi connectivity index (χ3n) is 6.69. The van der Waals surface area contributed by atoms with Gasteiger partial charge in [-0.05, 0) is 44.0 Å². The second-order valence-electron chi connectivity index (χ2n) is 9.18. The van der Waals surface area contributed by atoms with Crippen molar-refractivity contribution in [1.82, 2.24) is 14.4 Å². The Balaban J connectivity index is 1.26. The van der Waals surface area contributed by atoms with Crippen molar-refractivity contribution in [2.75, 3.05) is 44.6 Å². The number of ketones is 1. The van der Waals surface area contributed by atoms with E-state index in [4.69, 9.17) is 11.6 Å². The maximum atomic E-state index is 13.1. The summed E-state index contributed by atoms with van der Waals surface area (Å²) in [6, 6.07) is 19.7. The van der Waals surface area contributed by atoms with Gasteiger partial charge in [0.25, 0.3) is 0 Å². The normalized spacial score (nSPS) is 14.7. The van der Waals surface area contributed by atoms with Crippen molar-refractivity contribution in [3.05, 3.63) is 88.2 Å². The number of rotatable bonds is 9. The van der Waals surface area contributed by atoms with Gasteiger partial charge in [-0.25, -0.2) is 0 Å². The Morgan fingerprint density at radius 1 is 0.886 bits per heavy atom. The molecular formula is C28H33ClN4O2. The largest absolute Gasteiger partial charge is 0.348 e. The second-order valence-corrected chi connectivity index (χ2v) is 9.58. The smallest absolute Gasteiger partial charge is 0.238 e. The zero-order valence-corrected chi connectivity index (χ0v) is 21.2. The van der Waals surface area contributed by atoms with Gasteiger partial charge in [-0.15, -0.1) is 0 Å². The molecule has 0 aliphatic carbocycles. The molecule has 0 saturated carbocycles.